The Kier molecular flexibility index (Phi) is 4.80. The molecule has 0 aliphatic carbocycles. The number of carbonyl (C=O) groups is 1. The van der Waals surface area contributed by atoms with Gasteiger partial charge in [0.2, 0.25) is 0 Å². The van der Waals surface area contributed by atoms with E-state index < -0.39 is 0 Å². The van der Waals surface area contributed by atoms with Crippen molar-refractivity contribution in [3.05, 3.63) is 70.5 Å². The van der Waals surface area contributed by atoms with E-state index in [2.05, 4.69) is 37.9 Å². The van der Waals surface area contributed by atoms with Crippen LogP contribution in [-0.2, 0) is 20.1 Å². The van der Waals surface area contributed by atoms with Gasteiger partial charge in [-0.3, -0.25) is 9.89 Å². The van der Waals surface area contributed by atoms with Crippen LogP contribution >= 0.6 is 11.3 Å². The number of hydrogen-bond donors (Lipinski definition) is 4. The third-order valence-electron chi connectivity index (χ3n) is 6.21. The Bertz CT molecular complexity index is 1560. The van der Waals surface area contributed by atoms with Crippen LogP contribution in [0.25, 0.3) is 21.3 Å². The molecule has 0 bridgehead atoms. The van der Waals surface area contributed by atoms with Crippen molar-refractivity contribution in [2.75, 3.05) is 16.9 Å². The minimum absolute atomic E-state index is 0.231. The van der Waals surface area contributed by atoms with Crippen LogP contribution in [0.2, 0.25) is 0 Å². The van der Waals surface area contributed by atoms with Crippen LogP contribution in [0.5, 0.6) is 0 Å². The number of anilines is 2. The second kappa shape index (κ2) is 7.99. The molecule has 0 atom stereocenters. The molecule has 0 saturated heterocycles. The highest BCUT2D eigenvalue weighted by Gasteiger charge is 2.25. The molecule has 6 rings (SSSR count). The quantitative estimate of drug-likeness (QED) is 0.282. The standard InChI is InChI=1S/C24H22N8OS/c1-31-21(24(33)26-10-14-5-4-7-17-16(14)11-28-30-17)15(9-25)22-23(31)29-20(34-22)12-32-13-27-18-6-2-3-8-19(18)32/h2-9,11,25,27H,10,12-13H2,1H3,(H,26,33)(H,28,30). The molecule has 9 nitrogen and oxygen atoms in total. The zero-order chi connectivity index (χ0) is 23.2. The number of amides is 1. The largest absolute Gasteiger partial charge is 0.366 e. The zero-order valence-corrected chi connectivity index (χ0v) is 19.2. The minimum atomic E-state index is -0.231. The first kappa shape index (κ1) is 20.4. The highest BCUT2D eigenvalue weighted by atomic mass is 32.1. The molecule has 3 aromatic heterocycles. The summed E-state index contributed by atoms with van der Waals surface area (Å²) in [6, 6.07) is 14.1. The Balaban J connectivity index is 1.26. The lowest BCUT2D eigenvalue weighted by atomic mass is 10.1. The number of nitrogens with one attached hydrogen (secondary N) is 4. The van der Waals surface area contributed by atoms with Gasteiger partial charge in [0.05, 0.1) is 41.0 Å². The maximum Gasteiger partial charge on any atom is 0.268 e. The number of hydrogen-bond acceptors (Lipinski definition) is 7. The average molecular weight is 471 g/mol. The summed E-state index contributed by atoms with van der Waals surface area (Å²) >= 11 is 1.53. The van der Waals surface area contributed by atoms with Crippen LogP contribution in [-0.4, -0.2) is 38.5 Å². The lowest BCUT2D eigenvalue weighted by Crippen LogP contribution is -2.26. The van der Waals surface area contributed by atoms with Crippen molar-refractivity contribution in [1.29, 1.82) is 5.41 Å². The third-order valence-corrected chi connectivity index (χ3v) is 7.27. The summed E-state index contributed by atoms with van der Waals surface area (Å²) in [4.78, 5) is 20.2. The van der Waals surface area contributed by atoms with Crippen LogP contribution in [0, 0.1) is 5.41 Å². The van der Waals surface area contributed by atoms with Gasteiger partial charge in [-0.05, 0) is 23.8 Å². The van der Waals surface area contributed by atoms with Gasteiger partial charge in [0, 0.05) is 30.8 Å². The highest BCUT2D eigenvalue weighted by molar-refractivity contribution is 7.19. The molecule has 5 aromatic rings. The molecular formula is C24H22N8OS. The van der Waals surface area contributed by atoms with E-state index in [1.807, 2.05) is 37.4 Å². The lowest BCUT2D eigenvalue weighted by molar-refractivity contribution is 0.0943. The van der Waals surface area contributed by atoms with Gasteiger partial charge >= 0.3 is 0 Å². The van der Waals surface area contributed by atoms with E-state index in [1.54, 1.807) is 10.8 Å². The van der Waals surface area contributed by atoms with Gasteiger partial charge in [-0.15, -0.1) is 11.3 Å². The van der Waals surface area contributed by atoms with Gasteiger partial charge in [-0.1, -0.05) is 24.3 Å². The van der Waals surface area contributed by atoms with E-state index in [9.17, 15) is 4.79 Å². The highest BCUT2D eigenvalue weighted by Crippen LogP contribution is 2.35. The lowest BCUT2D eigenvalue weighted by Gasteiger charge is -2.16. The van der Waals surface area contributed by atoms with Crippen LogP contribution in [0.1, 0.15) is 26.6 Å². The van der Waals surface area contributed by atoms with Gasteiger partial charge in [0.25, 0.3) is 5.91 Å². The van der Waals surface area contributed by atoms with Crippen molar-refractivity contribution in [2.24, 2.45) is 7.05 Å². The molecule has 34 heavy (non-hydrogen) atoms. The topological polar surface area (TPSA) is 115 Å². The molecule has 0 saturated carbocycles. The molecule has 1 aliphatic heterocycles. The summed E-state index contributed by atoms with van der Waals surface area (Å²) in [5.74, 6) is -0.231. The zero-order valence-electron chi connectivity index (χ0n) is 18.4. The molecular weight excluding hydrogens is 448 g/mol. The maximum absolute atomic E-state index is 13.2. The Hall–Kier alpha value is -4.18. The SMILES string of the molecule is Cn1c(C(=O)NCc2cccc3[nH]ncc23)c(C=N)c2sc(CN3CNc4ccccc43)nc21. The summed E-state index contributed by atoms with van der Waals surface area (Å²) in [6.45, 7) is 1.76. The molecule has 1 aliphatic rings. The van der Waals surface area contributed by atoms with Crippen molar-refractivity contribution in [3.8, 4) is 0 Å². The molecule has 0 radical (unpaired) electrons. The first-order chi connectivity index (χ1) is 16.6. The fraction of sp³-hybridized carbons (Fsp3) is 0.167. The molecule has 0 fully saturated rings. The Labute approximate surface area is 198 Å². The van der Waals surface area contributed by atoms with Gasteiger partial charge in [-0.2, -0.15) is 5.10 Å². The first-order valence-electron chi connectivity index (χ1n) is 10.9. The van der Waals surface area contributed by atoms with E-state index in [4.69, 9.17) is 10.4 Å². The number of aromatic amines is 1. The predicted octanol–water partition coefficient (Wildman–Crippen LogP) is 3.83. The molecule has 0 unspecified atom stereocenters. The number of fused-ring (bicyclic) bond motifs is 3. The van der Waals surface area contributed by atoms with E-state index in [1.165, 1.54) is 17.6 Å². The van der Waals surface area contributed by atoms with Crippen LogP contribution in [0.15, 0.2) is 48.7 Å². The number of aryl methyl sites for hydroxylation is 1. The second-order valence-electron chi connectivity index (χ2n) is 8.21. The average Bonchev–Trinajstić information content (AvgIpc) is 3.62. The smallest absolute Gasteiger partial charge is 0.268 e. The monoisotopic (exact) mass is 470 g/mol. The number of benzene rings is 2. The summed E-state index contributed by atoms with van der Waals surface area (Å²) in [5.41, 5.74) is 5.95. The van der Waals surface area contributed by atoms with Crippen LogP contribution < -0.4 is 15.5 Å². The second-order valence-corrected chi connectivity index (χ2v) is 9.29. The van der Waals surface area contributed by atoms with Gasteiger partial charge in [0.15, 0.2) is 5.65 Å². The number of para-hydroxylation sites is 2. The normalized spacial score (nSPS) is 12.8. The summed E-state index contributed by atoms with van der Waals surface area (Å²) in [7, 11) is 1.83. The van der Waals surface area contributed by atoms with Crippen LogP contribution in [0.4, 0.5) is 11.4 Å². The predicted molar refractivity (Wildman–Crippen MR) is 135 cm³/mol. The minimum Gasteiger partial charge on any atom is -0.366 e. The van der Waals surface area contributed by atoms with Crippen molar-refractivity contribution >= 4 is 56.1 Å². The fourth-order valence-electron chi connectivity index (χ4n) is 4.54. The van der Waals surface area contributed by atoms with E-state index in [0.29, 0.717) is 24.3 Å². The van der Waals surface area contributed by atoms with Crippen molar-refractivity contribution < 1.29 is 4.79 Å². The molecule has 0 spiro atoms. The molecule has 4 heterocycles. The Morgan fingerprint density at radius 3 is 3.03 bits per heavy atom. The van der Waals surface area contributed by atoms with Gasteiger partial charge in [-0.25, -0.2) is 4.98 Å². The number of carbonyl (C=O) groups excluding carboxylic acids is 1. The van der Waals surface area contributed by atoms with Crippen LogP contribution in [0.3, 0.4) is 0 Å². The molecule has 4 N–H and O–H groups in total. The summed E-state index contributed by atoms with van der Waals surface area (Å²) in [5, 5.41) is 23.4. The molecule has 2 aromatic carbocycles. The molecule has 10 heteroatoms. The van der Waals surface area contributed by atoms with Gasteiger partial charge in [0.1, 0.15) is 10.7 Å². The fourth-order valence-corrected chi connectivity index (χ4v) is 5.67. The van der Waals surface area contributed by atoms with Gasteiger partial charge < -0.3 is 25.5 Å². The first-order valence-corrected chi connectivity index (χ1v) is 11.7. The summed E-state index contributed by atoms with van der Waals surface area (Å²) < 4.78 is 2.65. The van der Waals surface area contributed by atoms with Crippen molar-refractivity contribution in [3.63, 3.8) is 0 Å². The van der Waals surface area contributed by atoms with Crippen molar-refractivity contribution in [1.82, 2.24) is 25.1 Å². The number of nitrogens with zero attached hydrogens (tertiary/aromatic N) is 4. The molecule has 170 valence electrons. The maximum atomic E-state index is 13.2. The number of H-pyrrole nitrogens is 1. The third kappa shape index (κ3) is 3.22. The van der Waals surface area contributed by atoms with E-state index in [-0.39, 0.29) is 5.91 Å². The Morgan fingerprint density at radius 1 is 1.26 bits per heavy atom. The number of rotatable bonds is 6. The Morgan fingerprint density at radius 2 is 2.15 bits per heavy atom. The number of aromatic nitrogens is 4. The number of thiazole rings is 1. The van der Waals surface area contributed by atoms with E-state index >= 15 is 0 Å². The summed E-state index contributed by atoms with van der Waals surface area (Å²) in [6.07, 6.45) is 3.01. The van der Waals surface area contributed by atoms with Crippen molar-refractivity contribution in [2.45, 2.75) is 13.1 Å². The molecule has 1 amide bonds. The van der Waals surface area contributed by atoms with E-state index in [0.717, 1.165) is 49.9 Å².